The molecule has 2 aromatic heterocycles. The molecule has 1 atom stereocenters. The molecule has 1 aliphatic heterocycles. The molecule has 4 rings (SSSR count). The standard InChI is InChI=1S/C19H21N3O3S3/c23-18(19-21-15-7-1-2-8-16(15)27-19)20-11-10-14-6-3-4-12-22(14)28(24,25)17-9-5-13-26-17/h1-2,5,7-9,13-14H,3-4,6,10-12H2,(H,20,23)/t14-/m0/s1. The number of sulfonamides is 1. The minimum absolute atomic E-state index is 0.0866. The van der Waals surface area contributed by atoms with Crippen molar-refractivity contribution >= 4 is 48.8 Å². The second-order valence-corrected chi connectivity index (χ2v) is 10.8. The van der Waals surface area contributed by atoms with Gasteiger partial charge in [-0.1, -0.05) is 24.6 Å². The summed E-state index contributed by atoms with van der Waals surface area (Å²) >= 11 is 2.61. The number of carbonyl (C=O) groups excluding carboxylic acids is 1. The van der Waals surface area contributed by atoms with Crippen molar-refractivity contribution in [2.24, 2.45) is 0 Å². The van der Waals surface area contributed by atoms with Gasteiger partial charge in [-0.25, -0.2) is 13.4 Å². The number of aromatic nitrogens is 1. The lowest BCUT2D eigenvalue weighted by molar-refractivity contribution is 0.0949. The summed E-state index contributed by atoms with van der Waals surface area (Å²) in [6, 6.07) is 11.0. The molecular formula is C19H21N3O3S3. The second kappa shape index (κ2) is 8.28. The van der Waals surface area contributed by atoms with Crippen molar-refractivity contribution in [3.05, 3.63) is 46.8 Å². The molecule has 1 N–H and O–H groups in total. The Hall–Kier alpha value is -1.81. The van der Waals surface area contributed by atoms with E-state index in [0.29, 0.717) is 28.7 Å². The number of nitrogens with zero attached hydrogens (tertiary/aromatic N) is 2. The summed E-state index contributed by atoms with van der Waals surface area (Å²) in [7, 11) is -3.46. The summed E-state index contributed by atoms with van der Waals surface area (Å²) in [5.74, 6) is -0.204. The number of piperidine rings is 1. The molecule has 3 aromatic rings. The van der Waals surface area contributed by atoms with Crippen LogP contribution in [0.15, 0.2) is 46.0 Å². The van der Waals surface area contributed by atoms with Gasteiger partial charge >= 0.3 is 0 Å². The lowest BCUT2D eigenvalue weighted by Gasteiger charge is -2.34. The molecule has 0 aliphatic carbocycles. The summed E-state index contributed by atoms with van der Waals surface area (Å²) in [5.41, 5.74) is 0.818. The molecule has 148 valence electrons. The predicted octanol–water partition coefficient (Wildman–Crippen LogP) is 3.72. The zero-order valence-corrected chi connectivity index (χ0v) is 17.7. The van der Waals surface area contributed by atoms with Crippen LogP contribution >= 0.6 is 22.7 Å². The average molecular weight is 436 g/mol. The van der Waals surface area contributed by atoms with Gasteiger partial charge in [-0.15, -0.1) is 22.7 Å². The van der Waals surface area contributed by atoms with Crippen LogP contribution in [0.4, 0.5) is 0 Å². The van der Waals surface area contributed by atoms with Gasteiger partial charge in [0.2, 0.25) is 0 Å². The third kappa shape index (κ3) is 3.98. The SMILES string of the molecule is O=C(NCC[C@@H]1CCCCN1S(=O)(=O)c1cccs1)c1nc2ccccc2s1. The van der Waals surface area contributed by atoms with Crippen LogP contribution in [0.1, 0.15) is 35.5 Å². The number of thiophene rings is 1. The van der Waals surface area contributed by atoms with Crippen molar-refractivity contribution in [1.29, 1.82) is 0 Å². The molecule has 0 unspecified atom stereocenters. The lowest BCUT2D eigenvalue weighted by atomic mass is 10.0. The van der Waals surface area contributed by atoms with Gasteiger partial charge in [0.1, 0.15) is 4.21 Å². The van der Waals surface area contributed by atoms with Crippen LogP contribution in [0, 0.1) is 0 Å². The number of para-hydroxylation sites is 1. The number of amides is 1. The van der Waals surface area contributed by atoms with Crippen molar-refractivity contribution in [2.75, 3.05) is 13.1 Å². The van der Waals surface area contributed by atoms with Crippen LogP contribution < -0.4 is 5.32 Å². The molecule has 1 aromatic carbocycles. The molecule has 0 spiro atoms. The highest BCUT2D eigenvalue weighted by Crippen LogP contribution is 2.29. The quantitative estimate of drug-likeness (QED) is 0.640. The summed E-state index contributed by atoms with van der Waals surface area (Å²) in [5, 5.41) is 5.12. The highest BCUT2D eigenvalue weighted by atomic mass is 32.2. The molecule has 1 amide bonds. The molecule has 9 heteroatoms. The maximum atomic E-state index is 12.9. The van der Waals surface area contributed by atoms with E-state index in [0.717, 1.165) is 29.5 Å². The monoisotopic (exact) mass is 435 g/mol. The third-order valence-corrected chi connectivity index (χ3v) is 9.24. The van der Waals surface area contributed by atoms with E-state index in [9.17, 15) is 13.2 Å². The van der Waals surface area contributed by atoms with Gasteiger partial charge in [0.15, 0.2) is 5.01 Å². The third-order valence-electron chi connectivity index (χ3n) is 4.88. The fourth-order valence-electron chi connectivity index (χ4n) is 3.50. The van der Waals surface area contributed by atoms with Crippen LogP contribution in [-0.2, 0) is 10.0 Å². The fraction of sp³-hybridized carbons (Fsp3) is 0.368. The van der Waals surface area contributed by atoms with E-state index in [4.69, 9.17) is 0 Å². The first-order valence-electron chi connectivity index (χ1n) is 9.25. The first-order chi connectivity index (χ1) is 13.6. The Labute approximate surface area is 172 Å². The van der Waals surface area contributed by atoms with Crippen LogP contribution in [0.5, 0.6) is 0 Å². The van der Waals surface area contributed by atoms with Crippen molar-refractivity contribution in [3.63, 3.8) is 0 Å². The number of hydrogen-bond acceptors (Lipinski definition) is 6. The Morgan fingerprint density at radius 2 is 2.07 bits per heavy atom. The number of fused-ring (bicyclic) bond motifs is 1. The predicted molar refractivity (Wildman–Crippen MR) is 112 cm³/mol. The molecule has 1 fully saturated rings. The molecule has 0 radical (unpaired) electrons. The maximum absolute atomic E-state index is 12.9. The highest BCUT2D eigenvalue weighted by Gasteiger charge is 2.33. The molecule has 0 bridgehead atoms. The molecule has 0 saturated carbocycles. The van der Waals surface area contributed by atoms with Gasteiger partial charge < -0.3 is 5.32 Å². The largest absolute Gasteiger partial charge is 0.350 e. The number of rotatable bonds is 6. The van der Waals surface area contributed by atoms with Gasteiger partial charge in [-0.3, -0.25) is 4.79 Å². The highest BCUT2D eigenvalue weighted by molar-refractivity contribution is 7.91. The minimum Gasteiger partial charge on any atom is -0.350 e. The Morgan fingerprint density at radius 1 is 1.21 bits per heavy atom. The van der Waals surface area contributed by atoms with E-state index < -0.39 is 10.0 Å². The summed E-state index contributed by atoms with van der Waals surface area (Å²) in [4.78, 5) is 16.8. The fourth-order valence-corrected chi connectivity index (χ4v) is 7.23. The number of thiazole rings is 1. The number of hydrogen-bond donors (Lipinski definition) is 1. The van der Waals surface area contributed by atoms with E-state index in [2.05, 4.69) is 10.3 Å². The molecule has 3 heterocycles. The van der Waals surface area contributed by atoms with Crippen LogP contribution in [0.25, 0.3) is 10.2 Å². The van der Waals surface area contributed by atoms with Gasteiger partial charge in [-0.05, 0) is 42.8 Å². The molecule has 6 nitrogen and oxygen atoms in total. The molecule has 28 heavy (non-hydrogen) atoms. The molecule has 1 saturated heterocycles. The summed E-state index contributed by atoms with van der Waals surface area (Å²) in [6.45, 7) is 0.965. The second-order valence-electron chi connectivity index (χ2n) is 6.73. The summed E-state index contributed by atoms with van der Waals surface area (Å²) < 4.78 is 28.8. The lowest BCUT2D eigenvalue weighted by Crippen LogP contribution is -2.44. The average Bonchev–Trinajstić information content (AvgIpc) is 3.38. The van der Waals surface area contributed by atoms with E-state index >= 15 is 0 Å². The van der Waals surface area contributed by atoms with Crippen LogP contribution in [-0.4, -0.2) is 42.7 Å². The van der Waals surface area contributed by atoms with Crippen molar-refractivity contribution in [1.82, 2.24) is 14.6 Å². The zero-order chi connectivity index (χ0) is 19.6. The van der Waals surface area contributed by atoms with Gasteiger partial charge in [0, 0.05) is 19.1 Å². The first-order valence-corrected chi connectivity index (χ1v) is 12.4. The van der Waals surface area contributed by atoms with Gasteiger partial charge in [-0.2, -0.15) is 4.31 Å². The van der Waals surface area contributed by atoms with E-state index in [1.165, 1.54) is 22.7 Å². The van der Waals surface area contributed by atoms with Crippen molar-refractivity contribution in [3.8, 4) is 0 Å². The van der Waals surface area contributed by atoms with Crippen molar-refractivity contribution in [2.45, 2.75) is 35.9 Å². The summed E-state index contributed by atoms with van der Waals surface area (Å²) in [6.07, 6.45) is 3.30. The van der Waals surface area contributed by atoms with E-state index in [1.54, 1.807) is 21.8 Å². The van der Waals surface area contributed by atoms with Gasteiger partial charge in [0.25, 0.3) is 15.9 Å². The Bertz CT molecular complexity index is 1030. The molecular weight excluding hydrogens is 414 g/mol. The Balaban J connectivity index is 1.39. The smallest absolute Gasteiger partial charge is 0.280 e. The first kappa shape index (κ1) is 19.5. The van der Waals surface area contributed by atoms with Gasteiger partial charge in [0.05, 0.1) is 10.2 Å². The Morgan fingerprint density at radius 3 is 2.86 bits per heavy atom. The minimum atomic E-state index is -3.46. The van der Waals surface area contributed by atoms with Crippen molar-refractivity contribution < 1.29 is 13.2 Å². The zero-order valence-electron chi connectivity index (χ0n) is 15.2. The van der Waals surface area contributed by atoms with Crippen LogP contribution in [0.3, 0.4) is 0 Å². The van der Waals surface area contributed by atoms with Crippen LogP contribution in [0.2, 0.25) is 0 Å². The topological polar surface area (TPSA) is 79.4 Å². The number of carbonyl (C=O) groups is 1. The normalized spacial score (nSPS) is 18.4. The Kier molecular flexibility index (Phi) is 5.77. The number of benzene rings is 1. The maximum Gasteiger partial charge on any atom is 0.280 e. The van der Waals surface area contributed by atoms with E-state index in [-0.39, 0.29) is 11.9 Å². The number of nitrogens with one attached hydrogen (secondary N) is 1. The van der Waals surface area contributed by atoms with E-state index in [1.807, 2.05) is 24.3 Å². The molecule has 1 aliphatic rings.